The van der Waals surface area contributed by atoms with Crippen molar-refractivity contribution in [1.82, 2.24) is 9.55 Å². The highest BCUT2D eigenvalue weighted by Gasteiger charge is 2.17. The number of hydrogen-bond donors (Lipinski definition) is 0. The van der Waals surface area contributed by atoms with Crippen molar-refractivity contribution in [3.8, 4) is 11.5 Å². The Morgan fingerprint density at radius 2 is 1.93 bits per heavy atom. The van der Waals surface area contributed by atoms with Crippen molar-refractivity contribution in [1.29, 1.82) is 0 Å². The first-order chi connectivity index (χ1) is 13.2. The average molecular weight is 386 g/mol. The Balaban J connectivity index is 1.81. The van der Waals surface area contributed by atoms with Gasteiger partial charge in [0.05, 0.1) is 43.2 Å². The molecule has 0 N–H and O–H groups in total. The van der Waals surface area contributed by atoms with E-state index in [2.05, 4.69) is 9.55 Å². The quantitative estimate of drug-likeness (QED) is 0.413. The summed E-state index contributed by atoms with van der Waals surface area (Å²) in [6.07, 6.45) is 0. The minimum Gasteiger partial charge on any atom is -0.497 e. The molecule has 0 saturated carbocycles. The van der Waals surface area contributed by atoms with Crippen molar-refractivity contribution in [2.24, 2.45) is 0 Å². The monoisotopic (exact) mass is 386 g/mol. The first-order valence-corrected chi connectivity index (χ1v) is 9.48. The number of Topliss-reactive ketones (excluding diaryl/α,β-unsaturated/α-hetero) is 1. The molecule has 2 aromatic carbocycles. The molecule has 3 aromatic rings. The van der Waals surface area contributed by atoms with Gasteiger partial charge in [-0.2, -0.15) is 0 Å². The van der Waals surface area contributed by atoms with E-state index in [1.807, 2.05) is 24.3 Å². The summed E-state index contributed by atoms with van der Waals surface area (Å²) in [6, 6.07) is 13.1. The number of fused-ring (bicyclic) bond motifs is 1. The number of carbonyl (C=O) groups is 1. The highest BCUT2D eigenvalue weighted by molar-refractivity contribution is 7.99. The highest BCUT2D eigenvalue weighted by Crippen LogP contribution is 2.28. The Morgan fingerprint density at radius 1 is 1.11 bits per heavy atom. The number of hydrogen-bond acceptors (Lipinski definition) is 6. The van der Waals surface area contributed by atoms with Gasteiger partial charge in [-0.05, 0) is 24.3 Å². The molecule has 0 spiro atoms. The number of benzene rings is 2. The van der Waals surface area contributed by atoms with Crippen LogP contribution in [0.4, 0.5) is 0 Å². The predicted octanol–water partition coefficient (Wildman–Crippen LogP) is 3.67. The van der Waals surface area contributed by atoms with E-state index in [1.54, 1.807) is 39.5 Å². The standard InChI is InChI=1S/C20H22N2O4S/c1-24-11-10-22-17-7-5-4-6-16(17)21-20(22)27-13-18(23)15-9-8-14(25-2)12-19(15)26-3/h4-9,12H,10-11,13H2,1-3H3. The van der Waals surface area contributed by atoms with Gasteiger partial charge in [0, 0.05) is 19.7 Å². The van der Waals surface area contributed by atoms with E-state index in [0.717, 1.165) is 16.2 Å². The molecule has 0 bridgehead atoms. The fourth-order valence-corrected chi connectivity index (χ4v) is 3.72. The lowest BCUT2D eigenvalue weighted by Gasteiger charge is -2.10. The van der Waals surface area contributed by atoms with Crippen LogP contribution in [0.1, 0.15) is 10.4 Å². The molecule has 0 aliphatic carbocycles. The molecule has 0 radical (unpaired) electrons. The van der Waals surface area contributed by atoms with Gasteiger partial charge in [-0.1, -0.05) is 23.9 Å². The van der Waals surface area contributed by atoms with Gasteiger partial charge in [0.15, 0.2) is 10.9 Å². The van der Waals surface area contributed by atoms with Gasteiger partial charge in [0.2, 0.25) is 0 Å². The van der Waals surface area contributed by atoms with Crippen LogP contribution in [0.5, 0.6) is 11.5 Å². The Bertz CT molecular complexity index is 939. The molecule has 0 unspecified atom stereocenters. The lowest BCUT2D eigenvalue weighted by molar-refractivity contribution is 0.101. The Labute approximate surface area is 162 Å². The molecular formula is C20H22N2O4S. The van der Waals surface area contributed by atoms with E-state index in [1.165, 1.54) is 11.8 Å². The maximum absolute atomic E-state index is 12.7. The number of carbonyl (C=O) groups excluding carboxylic acids is 1. The summed E-state index contributed by atoms with van der Waals surface area (Å²) in [5.41, 5.74) is 2.47. The van der Waals surface area contributed by atoms with Gasteiger partial charge in [-0.25, -0.2) is 4.98 Å². The number of para-hydroxylation sites is 2. The molecule has 0 saturated heterocycles. The molecule has 27 heavy (non-hydrogen) atoms. The lowest BCUT2D eigenvalue weighted by atomic mass is 10.1. The van der Waals surface area contributed by atoms with Crippen LogP contribution in [0.2, 0.25) is 0 Å². The van der Waals surface area contributed by atoms with E-state index in [4.69, 9.17) is 14.2 Å². The van der Waals surface area contributed by atoms with Crippen LogP contribution in [0.15, 0.2) is 47.6 Å². The SMILES string of the molecule is COCCn1c(SCC(=O)c2ccc(OC)cc2OC)nc2ccccc21. The normalized spacial score (nSPS) is 10.9. The summed E-state index contributed by atoms with van der Waals surface area (Å²) < 4.78 is 17.8. The van der Waals surface area contributed by atoms with E-state index < -0.39 is 0 Å². The summed E-state index contributed by atoms with van der Waals surface area (Å²) in [4.78, 5) is 17.4. The molecule has 0 amide bonds. The van der Waals surface area contributed by atoms with Crippen molar-refractivity contribution < 1.29 is 19.0 Å². The van der Waals surface area contributed by atoms with Crippen LogP contribution in [0, 0.1) is 0 Å². The highest BCUT2D eigenvalue weighted by atomic mass is 32.2. The van der Waals surface area contributed by atoms with Crippen molar-refractivity contribution in [3.63, 3.8) is 0 Å². The minimum absolute atomic E-state index is 0.0233. The van der Waals surface area contributed by atoms with Crippen molar-refractivity contribution in [2.45, 2.75) is 11.7 Å². The molecule has 3 rings (SSSR count). The number of aromatic nitrogens is 2. The van der Waals surface area contributed by atoms with Crippen LogP contribution >= 0.6 is 11.8 Å². The second-order valence-electron chi connectivity index (χ2n) is 5.81. The van der Waals surface area contributed by atoms with Crippen LogP contribution in [-0.4, -0.2) is 49.0 Å². The largest absolute Gasteiger partial charge is 0.497 e. The molecule has 0 aliphatic rings. The van der Waals surface area contributed by atoms with Gasteiger partial charge in [-0.15, -0.1) is 0 Å². The zero-order chi connectivity index (χ0) is 19.2. The summed E-state index contributed by atoms with van der Waals surface area (Å²) >= 11 is 1.42. The van der Waals surface area contributed by atoms with E-state index >= 15 is 0 Å². The summed E-state index contributed by atoms with van der Waals surface area (Å²) in [6.45, 7) is 1.26. The predicted molar refractivity (Wildman–Crippen MR) is 106 cm³/mol. The van der Waals surface area contributed by atoms with Gasteiger partial charge in [-0.3, -0.25) is 4.79 Å². The number of ether oxygens (including phenoxy) is 3. The fraction of sp³-hybridized carbons (Fsp3) is 0.300. The molecule has 0 aliphatic heterocycles. The van der Waals surface area contributed by atoms with Gasteiger partial charge in [0.1, 0.15) is 11.5 Å². The third kappa shape index (κ3) is 4.26. The molecule has 7 heteroatoms. The van der Waals surface area contributed by atoms with Crippen molar-refractivity contribution in [3.05, 3.63) is 48.0 Å². The fourth-order valence-electron chi connectivity index (χ4n) is 2.80. The number of methoxy groups -OCH3 is 3. The molecule has 1 aromatic heterocycles. The average Bonchev–Trinajstić information content (AvgIpc) is 3.07. The lowest BCUT2D eigenvalue weighted by Crippen LogP contribution is -2.08. The minimum atomic E-state index is -0.0233. The number of imidazole rings is 1. The third-order valence-corrected chi connectivity index (χ3v) is 5.16. The molecular weight excluding hydrogens is 364 g/mol. The van der Waals surface area contributed by atoms with Crippen LogP contribution in [-0.2, 0) is 11.3 Å². The summed E-state index contributed by atoms with van der Waals surface area (Å²) in [7, 11) is 4.80. The summed E-state index contributed by atoms with van der Waals surface area (Å²) in [5, 5.41) is 0.800. The van der Waals surface area contributed by atoms with Gasteiger partial charge < -0.3 is 18.8 Å². The van der Waals surface area contributed by atoms with E-state index in [0.29, 0.717) is 30.2 Å². The number of rotatable bonds is 9. The molecule has 0 fully saturated rings. The Kier molecular flexibility index (Phi) is 6.36. The van der Waals surface area contributed by atoms with Crippen LogP contribution < -0.4 is 9.47 Å². The first kappa shape index (κ1) is 19.3. The molecule has 0 atom stereocenters. The molecule has 1 heterocycles. The van der Waals surface area contributed by atoms with Crippen LogP contribution in [0.25, 0.3) is 11.0 Å². The maximum Gasteiger partial charge on any atom is 0.176 e. The third-order valence-electron chi connectivity index (χ3n) is 4.18. The van der Waals surface area contributed by atoms with E-state index in [-0.39, 0.29) is 11.5 Å². The van der Waals surface area contributed by atoms with Crippen LogP contribution in [0.3, 0.4) is 0 Å². The topological polar surface area (TPSA) is 62.6 Å². The van der Waals surface area contributed by atoms with E-state index in [9.17, 15) is 4.79 Å². The zero-order valence-electron chi connectivity index (χ0n) is 15.6. The number of ketones is 1. The van der Waals surface area contributed by atoms with Gasteiger partial charge >= 0.3 is 0 Å². The Morgan fingerprint density at radius 3 is 2.67 bits per heavy atom. The van der Waals surface area contributed by atoms with Crippen molar-refractivity contribution in [2.75, 3.05) is 33.7 Å². The molecule has 6 nitrogen and oxygen atoms in total. The maximum atomic E-state index is 12.7. The zero-order valence-corrected chi connectivity index (χ0v) is 16.4. The number of nitrogens with zero attached hydrogens (tertiary/aromatic N) is 2. The smallest absolute Gasteiger partial charge is 0.176 e. The second-order valence-corrected chi connectivity index (χ2v) is 6.75. The van der Waals surface area contributed by atoms with Crippen molar-refractivity contribution >= 4 is 28.6 Å². The van der Waals surface area contributed by atoms with Gasteiger partial charge in [0.25, 0.3) is 0 Å². The first-order valence-electron chi connectivity index (χ1n) is 8.50. The molecule has 142 valence electrons. The Hall–Kier alpha value is -2.51. The second kappa shape index (κ2) is 8.92. The number of thioether (sulfide) groups is 1. The summed E-state index contributed by atoms with van der Waals surface area (Å²) in [5.74, 6) is 1.40.